The summed E-state index contributed by atoms with van der Waals surface area (Å²) in [6, 6.07) is 10.2. The van der Waals surface area contributed by atoms with Crippen LogP contribution in [-0.4, -0.2) is 42.0 Å². The number of hydrogen-bond donors (Lipinski definition) is 0. The third-order valence-electron chi connectivity index (χ3n) is 4.74. The molecule has 0 radical (unpaired) electrons. The lowest BCUT2D eigenvalue weighted by atomic mass is 10.0. The van der Waals surface area contributed by atoms with Gasteiger partial charge in [-0.05, 0) is 24.6 Å². The summed E-state index contributed by atoms with van der Waals surface area (Å²) in [6.07, 6.45) is 0. The number of fused-ring (bicyclic) bond motifs is 1. The fraction of sp³-hybridized carbons (Fsp3) is 0.182. The Morgan fingerprint density at radius 2 is 1.59 bits per heavy atom. The van der Waals surface area contributed by atoms with Crippen LogP contribution >= 0.6 is 0 Å². The molecular formula is C22H18N2O8. The second-order valence-electron chi connectivity index (χ2n) is 6.66. The number of pyridine rings is 1. The summed E-state index contributed by atoms with van der Waals surface area (Å²) < 4.78 is 14.7. The molecule has 3 aromatic rings. The van der Waals surface area contributed by atoms with Gasteiger partial charge in [-0.15, -0.1) is 0 Å². The van der Waals surface area contributed by atoms with Gasteiger partial charge in [0.05, 0.1) is 47.0 Å². The maximum Gasteiger partial charge on any atom is 0.340 e. The summed E-state index contributed by atoms with van der Waals surface area (Å²) in [5.74, 6) is -2.43. The molecule has 1 heterocycles. The van der Waals surface area contributed by atoms with Gasteiger partial charge in [0.15, 0.2) is 0 Å². The molecule has 0 aliphatic rings. The second kappa shape index (κ2) is 9.21. The summed E-state index contributed by atoms with van der Waals surface area (Å²) in [5.41, 5.74) is 0.646. The van der Waals surface area contributed by atoms with E-state index in [0.717, 1.165) is 30.7 Å². The third-order valence-corrected chi connectivity index (χ3v) is 4.74. The number of hydrogen-bond acceptors (Lipinski definition) is 9. The number of benzene rings is 2. The van der Waals surface area contributed by atoms with Crippen molar-refractivity contribution in [1.29, 1.82) is 0 Å². The number of nitrogens with zero attached hydrogens (tertiary/aromatic N) is 2. The number of non-ortho nitro benzene ring substituents is 1. The zero-order chi connectivity index (χ0) is 23.4. The normalized spacial score (nSPS) is 10.5. The molecule has 0 saturated carbocycles. The van der Waals surface area contributed by atoms with E-state index in [1.807, 2.05) is 0 Å². The largest absolute Gasteiger partial charge is 0.465 e. The van der Waals surface area contributed by atoms with Crippen LogP contribution in [0.1, 0.15) is 42.3 Å². The van der Waals surface area contributed by atoms with Gasteiger partial charge in [0, 0.05) is 17.5 Å². The first-order valence-electron chi connectivity index (χ1n) is 9.28. The Kier molecular flexibility index (Phi) is 6.43. The standard InChI is InChI=1S/C22H18N2O8/c1-12-16-6-4-5-7-17(16)23-18(19(12)22(27)31-3)11-32-21(26)14-8-13(20(25)30-2)9-15(10-14)24(28)29/h4-10H,11H2,1-3H3. The molecule has 0 aliphatic carbocycles. The summed E-state index contributed by atoms with van der Waals surface area (Å²) in [4.78, 5) is 51.6. The highest BCUT2D eigenvalue weighted by Crippen LogP contribution is 2.25. The molecule has 3 rings (SSSR count). The van der Waals surface area contributed by atoms with Crippen LogP contribution in [0, 0.1) is 17.0 Å². The molecule has 2 aromatic carbocycles. The van der Waals surface area contributed by atoms with Crippen LogP contribution in [0.4, 0.5) is 5.69 Å². The zero-order valence-electron chi connectivity index (χ0n) is 17.4. The lowest BCUT2D eigenvalue weighted by molar-refractivity contribution is -0.384. The van der Waals surface area contributed by atoms with E-state index >= 15 is 0 Å². The molecular weight excluding hydrogens is 420 g/mol. The molecule has 0 unspecified atom stereocenters. The maximum atomic E-state index is 12.6. The predicted octanol–water partition coefficient (Wildman–Crippen LogP) is 3.38. The number of carbonyl (C=O) groups is 3. The minimum Gasteiger partial charge on any atom is -0.465 e. The fourth-order valence-electron chi connectivity index (χ4n) is 3.21. The lowest BCUT2D eigenvalue weighted by Gasteiger charge is -2.13. The van der Waals surface area contributed by atoms with Gasteiger partial charge in [0.1, 0.15) is 6.61 Å². The van der Waals surface area contributed by atoms with Gasteiger partial charge in [-0.3, -0.25) is 10.1 Å². The highest BCUT2D eigenvalue weighted by molar-refractivity contribution is 5.99. The Morgan fingerprint density at radius 3 is 2.22 bits per heavy atom. The summed E-state index contributed by atoms with van der Waals surface area (Å²) in [5, 5.41) is 11.9. The van der Waals surface area contributed by atoms with Crippen molar-refractivity contribution in [3.05, 3.63) is 80.5 Å². The molecule has 0 N–H and O–H groups in total. The molecule has 0 amide bonds. The molecule has 164 valence electrons. The van der Waals surface area contributed by atoms with E-state index < -0.39 is 35.1 Å². The first kappa shape index (κ1) is 22.3. The van der Waals surface area contributed by atoms with E-state index in [-0.39, 0.29) is 22.4 Å². The number of ether oxygens (including phenoxy) is 3. The van der Waals surface area contributed by atoms with Crippen molar-refractivity contribution < 1.29 is 33.5 Å². The van der Waals surface area contributed by atoms with E-state index in [2.05, 4.69) is 9.72 Å². The van der Waals surface area contributed by atoms with Crippen LogP contribution in [0.3, 0.4) is 0 Å². The zero-order valence-corrected chi connectivity index (χ0v) is 17.4. The van der Waals surface area contributed by atoms with Crippen LogP contribution in [0.5, 0.6) is 0 Å². The topological polar surface area (TPSA) is 135 Å². The minimum atomic E-state index is -0.942. The van der Waals surface area contributed by atoms with Crippen molar-refractivity contribution in [3.63, 3.8) is 0 Å². The number of para-hydroxylation sites is 1. The Labute approximate surface area is 181 Å². The van der Waals surface area contributed by atoms with Crippen molar-refractivity contribution in [2.45, 2.75) is 13.5 Å². The van der Waals surface area contributed by atoms with Crippen molar-refractivity contribution in [1.82, 2.24) is 4.98 Å². The Bertz CT molecular complexity index is 1250. The van der Waals surface area contributed by atoms with Gasteiger partial charge in [0.2, 0.25) is 0 Å². The molecule has 10 nitrogen and oxygen atoms in total. The summed E-state index contributed by atoms with van der Waals surface area (Å²) in [6.45, 7) is 1.33. The number of aromatic nitrogens is 1. The van der Waals surface area contributed by atoms with E-state index in [4.69, 9.17) is 9.47 Å². The first-order chi connectivity index (χ1) is 15.3. The fourth-order valence-corrected chi connectivity index (χ4v) is 3.21. The molecule has 0 spiro atoms. The number of methoxy groups -OCH3 is 2. The van der Waals surface area contributed by atoms with Crippen LogP contribution < -0.4 is 0 Å². The molecule has 0 fully saturated rings. The number of esters is 3. The number of rotatable bonds is 6. The number of carbonyl (C=O) groups excluding carboxylic acids is 3. The van der Waals surface area contributed by atoms with Gasteiger partial charge in [0.25, 0.3) is 5.69 Å². The summed E-state index contributed by atoms with van der Waals surface area (Å²) >= 11 is 0. The van der Waals surface area contributed by atoms with E-state index in [1.165, 1.54) is 7.11 Å². The SMILES string of the molecule is COC(=O)c1cc(C(=O)OCc2nc3ccccc3c(C)c2C(=O)OC)cc([N+](=O)[O-])c1. The number of nitro benzene ring substituents is 1. The van der Waals surface area contributed by atoms with E-state index in [1.54, 1.807) is 31.2 Å². The Morgan fingerprint density at radius 1 is 0.969 bits per heavy atom. The highest BCUT2D eigenvalue weighted by atomic mass is 16.6. The first-order valence-corrected chi connectivity index (χ1v) is 9.28. The minimum absolute atomic E-state index is 0.160. The average molecular weight is 438 g/mol. The maximum absolute atomic E-state index is 12.6. The predicted molar refractivity (Wildman–Crippen MR) is 111 cm³/mol. The van der Waals surface area contributed by atoms with Crippen molar-refractivity contribution >= 4 is 34.5 Å². The van der Waals surface area contributed by atoms with E-state index in [0.29, 0.717) is 11.1 Å². The molecule has 1 aromatic heterocycles. The van der Waals surface area contributed by atoms with Crippen molar-refractivity contribution in [2.75, 3.05) is 14.2 Å². The second-order valence-corrected chi connectivity index (χ2v) is 6.66. The summed E-state index contributed by atoms with van der Waals surface area (Å²) in [7, 11) is 2.34. The molecule has 32 heavy (non-hydrogen) atoms. The molecule has 0 atom stereocenters. The van der Waals surface area contributed by atoms with Crippen LogP contribution in [0.25, 0.3) is 10.9 Å². The Hall–Kier alpha value is -4.34. The van der Waals surface area contributed by atoms with Crippen LogP contribution in [0.15, 0.2) is 42.5 Å². The van der Waals surface area contributed by atoms with E-state index in [9.17, 15) is 24.5 Å². The van der Waals surface area contributed by atoms with Gasteiger partial charge in [-0.2, -0.15) is 0 Å². The molecule has 10 heteroatoms. The molecule has 0 saturated heterocycles. The van der Waals surface area contributed by atoms with Gasteiger partial charge in [-0.1, -0.05) is 18.2 Å². The Balaban J connectivity index is 1.97. The quantitative estimate of drug-likeness (QED) is 0.245. The smallest absolute Gasteiger partial charge is 0.340 e. The monoisotopic (exact) mass is 438 g/mol. The average Bonchev–Trinajstić information content (AvgIpc) is 2.81. The van der Waals surface area contributed by atoms with Gasteiger partial charge in [-0.25, -0.2) is 19.4 Å². The molecule has 0 aliphatic heterocycles. The van der Waals surface area contributed by atoms with Gasteiger partial charge >= 0.3 is 17.9 Å². The molecule has 0 bridgehead atoms. The van der Waals surface area contributed by atoms with Crippen molar-refractivity contribution in [3.8, 4) is 0 Å². The van der Waals surface area contributed by atoms with Gasteiger partial charge < -0.3 is 14.2 Å². The number of nitro groups is 1. The highest BCUT2D eigenvalue weighted by Gasteiger charge is 2.23. The lowest BCUT2D eigenvalue weighted by Crippen LogP contribution is -2.14. The van der Waals surface area contributed by atoms with Crippen LogP contribution in [-0.2, 0) is 20.8 Å². The van der Waals surface area contributed by atoms with Crippen LogP contribution in [0.2, 0.25) is 0 Å². The number of aryl methyl sites for hydroxylation is 1. The third kappa shape index (κ3) is 4.38. The van der Waals surface area contributed by atoms with Crippen molar-refractivity contribution in [2.24, 2.45) is 0 Å².